The van der Waals surface area contributed by atoms with Crippen molar-refractivity contribution < 1.29 is 17.9 Å². The zero-order chi connectivity index (χ0) is 17.6. The maximum absolute atomic E-state index is 12.1. The van der Waals surface area contributed by atoms with Gasteiger partial charge in [0.15, 0.2) is 0 Å². The fraction of sp³-hybridized carbons (Fsp3) is 0.533. The second kappa shape index (κ2) is 8.77. The Bertz CT molecular complexity index is 662. The molecular formula is C15H22ClN3O4S. The number of nitrogens with zero attached hydrogens (tertiary/aromatic N) is 2. The minimum Gasteiger partial charge on any atom is -0.379 e. The van der Waals surface area contributed by atoms with Crippen LogP contribution in [0.2, 0.25) is 5.02 Å². The molecule has 1 aromatic rings. The molecule has 0 bridgehead atoms. The van der Waals surface area contributed by atoms with Gasteiger partial charge < -0.3 is 10.1 Å². The van der Waals surface area contributed by atoms with Crippen LogP contribution in [0.3, 0.4) is 0 Å². The summed E-state index contributed by atoms with van der Waals surface area (Å²) in [6.45, 7) is 3.44. The zero-order valence-electron chi connectivity index (χ0n) is 13.6. The van der Waals surface area contributed by atoms with E-state index in [0.29, 0.717) is 30.5 Å². The van der Waals surface area contributed by atoms with Gasteiger partial charge in [0, 0.05) is 36.9 Å². The highest BCUT2D eigenvalue weighted by molar-refractivity contribution is 7.88. The third-order valence-corrected chi connectivity index (χ3v) is 5.15. The number of benzene rings is 1. The van der Waals surface area contributed by atoms with Gasteiger partial charge in [-0.2, -0.15) is 4.31 Å². The highest BCUT2D eigenvalue weighted by atomic mass is 35.5. The lowest BCUT2D eigenvalue weighted by Gasteiger charge is -2.29. The SMILES string of the molecule is CS(=O)(=O)N(CCN1CCOCC1)CC(=O)Nc1cccc(Cl)c1. The number of hydrogen-bond donors (Lipinski definition) is 1. The number of anilines is 1. The lowest BCUT2D eigenvalue weighted by atomic mass is 10.3. The Morgan fingerprint density at radius 3 is 2.71 bits per heavy atom. The Kier molecular flexibility index (Phi) is 7.00. The summed E-state index contributed by atoms with van der Waals surface area (Å²) < 4.78 is 30.3. The summed E-state index contributed by atoms with van der Waals surface area (Å²) in [7, 11) is -3.47. The molecule has 24 heavy (non-hydrogen) atoms. The van der Waals surface area contributed by atoms with Crippen LogP contribution in [0.1, 0.15) is 0 Å². The van der Waals surface area contributed by atoms with Crippen LogP contribution < -0.4 is 5.32 Å². The first kappa shape index (κ1) is 19.1. The van der Waals surface area contributed by atoms with Crippen molar-refractivity contribution in [3.8, 4) is 0 Å². The number of ether oxygens (including phenoxy) is 1. The summed E-state index contributed by atoms with van der Waals surface area (Å²) in [5.41, 5.74) is 0.536. The van der Waals surface area contributed by atoms with Gasteiger partial charge in [-0.05, 0) is 18.2 Å². The summed E-state index contributed by atoms with van der Waals surface area (Å²) in [6, 6.07) is 6.72. The van der Waals surface area contributed by atoms with E-state index in [1.54, 1.807) is 24.3 Å². The van der Waals surface area contributed by atoms with E-state index in [1.165, 1.54) is 4.31 Å². The average molecular weight is 376 g/mol. The van der Waals surface area contributed by atoms with Crippen molar-refractivity contribution in [2.75, 3.05) is 57.5 Å². The maximum atomic E-state index is 12.1. The predicted molar refractivity (Wildman–Crippen MR) is 93.8 cm³/mol. The second-order valence-corrected chi connectivity index (χ2v) is 8.03. The van der Waals surface area contributed by atoms with Crippen LogP contribution in [0.15, 0.2) is 24.3 Å². The minimum absolute atomic E-state index is 0.227. The number of rotatable bonds is 7. The van der Waals surface area contributed by atoms with Gasteiger partial charge in [0.1, 0.15) is 0 Å². The molecule has 7 nitrogen and oxygen atoms in total. The number of hydrogen-bond acceptors (Lipinski definition) is 5. The Hall–Kier alpha value is -1.19. The third kappa shape index (κ3) is 6.37. The van der Waals surface area contributed by atoms with Gasteiger partial charge in [0.25, 0.3) is 0 Å². The molecular weight excluding hydrogens is 354 g/mol. The van der Waals surface area contributed by atoms with Crippen molar-refractivity contribution in [3.63, 3.8) is 0 Å². The predicted octanol–water partition coefficient (Wildman–Crippen LogP) is 0.872. The first-order valence-electron chi connectivity index (χ1n) is 7.65. The van der Waals surface area contributed by atoms with Gasteiger partial charge in [-0.15, -0.1) is 0 Å². The first-order chi connectivity index (χ1) is 11.3. The lowest BCUT2D eigenvalue weighted by molar-refractivity contribution is -0.116. The monoisotopic (exact) mass is 375 g/mol. The molecule has 0 unspecified atom stereocenters. The van der Waals surface area contributed by atoms with Crippen molar-refractivity contribution >= 4 is 33.2 Å². The van der Waals surface area contributed by atoms with Crippen LogP contribution in [0.5, 0.6) is 0 Å². The van der Waals surface area contributed by atoms with Crippen molar-refractivity contribution in [1.29, 1.82) is 0 Å². The van der Waals surface area contributed by atoms with Crippen LogP contribution in [-0.4, -0.2) is 75.7 Å². The molecule has 1 heterocycles. The molecule has 9 heteroatoms. The summed E-state index contributed by atoms with van der Waals surface area (Å²) in [5, 5.41) is 3.16. The quantitative estimate of drug-likeness (QED) is 0.765. The van der Waals surface area contributed by atoms with Gasteiger partial charge in [-0.1, -0.05) is 17.7 Å². The number of amides is 1. The van der Waals surface area contributed by atoms with Gasteiger partial charge in [0.05, 0.1) is 26.0 Å². The number of carbonyl (C=O) groups excluding carboxylic acids is 1. The van der Waals surface area contributed by atoms with Gasteiger partial charge in [-0.25, -0.2) is 8.42 Å². The largest absolute Gasteiger partial charge is 0.379 e. The van der Waals surface area contributed by atoms with Crippen LogP contribution in [0, 0.1) is 0 Å². The highest BCUT2D eigenvalue weighted by Gasteiger charge is 2.21. The van der Waals surface area contributed by atoms with Gasteiger partial charge >= 0.3 is 0 Å². The maximum Gasteiger partial charge on any atom is 0.239 e. The molecule has 0 saturated carbocycles. The van der Waals surface area contributed by atoms with E-state index in [2.05, 4.69) is 10.2 Å². The average Bonchev–Trinajstić information content (AvgIpc) is 2.51. The Morgan fingerprint density at radius 1 is 1.38 bits per heavy atom. The molecule has 2 rings (SSSR count). The van der Waals surface area contributed by atoms with Crippen LogP contribution in [-0.2, 0) is 19.6 Å². The first-order valence-corrected chi connectivity index (χ1v) is 9.88. The molecule has 0 aromatic heterocycles. The van der Waals surface area contributed by atoms with E-state index in [4.69, 9.17) is 16.3 Å². The molecule has 0 radical (unpaired) electrons. The number of sulfonamides is 1. The normalized spacial score (nSPS) is 16.3. The Morgan fingerprint density at radius 2 is 2.08 bits per heavy atom. The zero-order valence-corrected chi connectivity index (χ0v) is 15.1. The van der Waals surface area contributed by atoms with Crippen molar-refractivity contribution in [2.24, 2.45) is 0 Å². The van der Waals surface area contributed by atoms with E-state index < -0.39 is 15.9 Å². The molecule has 1 fully saturated rings. The molecule has 134 valence electrons. The molecule has 0 atom stereocenters. The number of carbonyl (C=O) groups is 1. The Balaban J connectivity index is 1.91. The van der Waals surface area contributed by atoms with E-state index in [9.17, 15) is 13.2 Å². The number of halogens is 1. The number of nitrogens with one attached hydrogen (secondary N) is 1. The molecule has 1 aliphatic rings. The second-order valence-electron chi connectivity index (χ2n) is 5.61. The van der Waals surface area contributed by atoms with Crippen molar-refractivity contribution in [3.05, 3.63) is 29.3 Å². The van der Waals surface area contributed by atoms with Crippen LogP contribution >= 0.6 is 11.6 Å². The number of morpholine rings is 1. The van der Waals surface area contributed by atoms with Crippen LogP contribution in [0.4, 0.5) is 5.69 Å². The topological polar surface area (TPSA) is 79.0 Å². The minimum atomic E-state index is -3.47. The van der Waals surface area contributed by atoms with E-state index in [1.807, 2.05) is 0 Å². The van der Waals surface area contributed by atoms with Crippen molar-refractivity contribution in [1.82, 2.24) is 9.21 Å². The molecule has 0 aliphatic carbocycles. The summed E-state index contributed by atoms with van der Waals surface area (Å²) in [5.74, 6) is -0.398. The summed E-state index contributed by atoms with van der Waals surface area (Å²) in [6.07, 6.45) is 1.11. The molecule has 1 saturated heterocycles. The molecule has 1 amide bonds. The molecule has 0 spiro atoms. The fourth-order valence-electron chi connectivity index (χ4n) is 2.37. The van der Waals surface area contributed by atoms with E-state index in [0.717, 1.165) is 19.3 Å². The fourth-order valence-corrected chi connectivity index (χ4v) is 3.32. The third-order valence-electron chi connectivity index (χ3n) is 3.67. The lowest BCUT2D eigenvalue weighted by Crippen LogP contribution is -2.45. The van der Waals surface area contributed by atoms with E-state index in [-0.39, 0.29) is 13.1 Å². The highest BCUT2D eigenvalue weighted by Crippen LogP contribution is 2.15. The summed E-state index contributed by atoms with van der Waals surface area (Å²) >= 11 is 5.87. The van der Waals surface area contributed by atoms with E-state index >= 15 is 0 Å². The standard InChI is InChI=1S/C15H22ClN3O4S/c1-24(21,22)19(6-5-18-7-9-23-10-8-18)12-15(20)17-14-4-2-3-13(16)11-14/h2-4,11H,5-10,12H2,1H3,(H,17,20). The smallest absolute Gasteiger partial charge is 0.239 e. The molecule has 1 aromatic carbocycles. The molecule has 1 aliphatic heterocycles. The Labute approximate surface area is 147 Å². The van der Waals surface area contributed by atoms with Crippen LogP contribution in [0.25, 0.3) is 0 Å². The van der Waals surface area contributed by atoms with Crippen molar-refractivity contribution in [2.45, 2.75) is 0 Å². The molecule has 1 N–H and O–H groups in total. The van der Waals surface area contributed by atoms with Gasteiger partial charge in [-0.3, -0.25) is 9.69 Å². The summed E-state index contributed by atoms with van der Waals surface area (Å²) in [4.78, 5) is 14.3. The van der Waals surface area contributed by atoms with Gasteiger partial charge in [0.2, 0.25) is 15.9 Å².